The molecule has 1 atom stereocenters. The number of likely N-dealkylation sites (N-methyl/N-ethyl adjacent to an activating group) is 1. The molecule has 0 aliphatic rings. The quantitative estimate of drug-likeness (QED) is 0.677. The third-order valence-electron chi connectivity index (χ3n) is 3.10. The zero-order valence-corrected chi connectivity index (χ0v) is 12.3. The maximum atomic E-state index is 12.2. The Bertz CT molecular complexity index is 579. The first-order valence-corrected chi connectivity index (χ1v) is 6.82. The standard InChI is InChI=1S/C17H20N2O2/c1-19(2)12-16(13-6-4-3-5-7-13)21-17(20)14-8-10-15(18)11-9-14/h3-11,16H,12,18H2,1-2H3. The van der Waals surface area contributed by atoms with Gasteiger partial charge in [0.25, 0.3) is 0 Å². The van der Waals surface area contributed by atoms with Crippen molar-refractivity contribution in [3.8, 4) is 0 Å². The minimum Gasteiger partial charge on any atom is -0.453 e. The van der Waals surface area contributed by atoms with Crippen molar-refractivity contribution in [1.82, 2.24) is 4.90 Å². The minimum absolute atomic E-state index is 0.300. The van der Waals surface area contributed by atoms with Gasteiger partial charge < -0.3 is 15.4 Å². The van der Waals surface area contributed by atoms with Gasteiger partial charge in [0.15, 0.2) is 0 Å². The maximum Gasteiger partial charge on any atom is 0.338 e. The Morgan fingerprint density at radius 2 is 1.71 bits per heavy atom. The zero-order valence-electron chi connectivity index (χ0n) is 12.3. The van der Waals surface area contributed by atoms with Crippen LogP contribution in [0.1, 0.15) is 22.0 Å². The summed E-state index contributed by atoms with van der Waals surface area (Å²) in [6.45, 7) is 0.630. The largest absolute Gasteiger partial charge is 0.453 e. The van der Waals surface area contributed by atoms with Crippen LogP contribution in [0, 0.1) is 0 Å². The van der Waals surface area contributed by atoms with Gasteiger partial charge in [0.2, 0.25) is 0 Å². The molecule has 0 heterocycles. The zero-order chi connectivity index (χ0) is 15.2. The number of nitrogen functional groups attached to an aromatic ring is 1. The monoisotopic (exact) mass is 284 g/mol. The van der Waals surface area contributed by atoms with Crippen molar-refractivity contribution in [2.45, 2.75) is 6.10 Å². The summed E-state index contributed by atoms with van der Waals surface area (Å²) in [6.07, 6.45) is -0.300. The van der Waals surface area contributed by atoms with Crippen LogP contribution in [-0.4, -0.2) is 31.5 Å². The molecule has 0 aliphatic carbocycles. The Hall–Kier alpha value is -2.33. The summed E-state index contributed by atoms with van der Waals surface area (Å²) < 4.78 is 5.65. The molecule has 2 rings (SSSR count). The van der Waals surface area contributed by atoms with Gasteiger partial charge in [-0.15, -0.1) is 0 Å². The molecule has 1 unspecified atom stereocenters. The highest BCUT2D eigenvalue weighted by Crippen LogP contribution is 2.20. The summed E-state index contributed by atoms with van der Waals surface area (Å²) in [4.78, 5) is 14.2. The molecule has 0 aromatic heterocycles. The summed E-state index contributed by atoms with van der Waals surface area (Å²) in [5.74, 6) is -0.342. The van der Waals surface area contributed by atoms with Gasteiger partial charge in [0.05, 0.1) is 5.56 Å². The van der Waals surface area contributed by atoms with Crippen molar-refractivity contribution in [2.75, 3.05) is 26.4 Å². The van der Waals surface area contributed by atoms with Crippen LogP contribution >= 0.6 is 0 Å². The number of anilines is 1. The van der Waals surface area contributed by atoms with E-state index in [9.17, 15) is 4.79 Å². The van der Waals surface area contributed by atoms with E-state index >= 15 is 0 Å². The molecule has 2 N–H and O–H groups in total. The molecule has 0 amide bonds. The first-order chi connectivity index (χ1) is 10.1. The van der Waals surface area contributed by atoms with Crippen LogP contribution in [0.2, 0.25) is 0 Å². The summed E-state index contributed by atoms with van der Waals surface area (Å²) in [5, 5.41) is 0. The normalized spacial score (nSPS) is 12.1. The van der Waals surface area contributed by atoms with Crippen LogP contribution in [0.4, 0.5) is 5.69 Å². The van der Waals surface area contributed by atoms with E-state index in [0.717, 1.165) is 5.56 Å². The van der Waals surface area contributed by atoms with Crippen LogP contribution in [0.5, 0.6) is 0 Å². The van der Waals surface area contributed by atoms with Gasteiger partial charge in [-0.25, -0.2) is 4.79 Å². The molecule has 0 saturated heterocycles. The molecule has 21 heavy (non-hydrogen) atoms. The second-order valence-electron chi connectivity index (χ2n) is 5.19. The molecule has 0 spiro atoms. The molecule has 2 aromatic carbocycles. The number of nitrogens with zero attached hydrogens (tertiary/aromatic N) is 1. The minimum atomic E-state index is -0.342. The van der Waals surface area contributed by atoms with Crippen LogP contribution in [-0.2, 0) is 4.74 Å². The second-order valence-corrected chi connectivity index (χ2v) is 5.19. The first kappa shape index (κ1) is 15.1. The van der Waals surface area contributed by atoms with Crippen molar-refractivity contribution >= 4 is 11.7 Å². The Morgan fingerprint density at radius 3 is 2.29 bits per heavy atom. The summed E-state index contributed by atoms with van der Waals surface area (Å²) in [5.41, 5.74) is 7.74. The van der Waals surface area contributed by atoms with Gasteiger partial charge in [-0.3, -0.25) is 0 Å². The maximum absolute atomic E-state index is 12.2. The summed E-state index contributed by atoms with van der Waals surface area (Å²) in [7, 11) is 3.90. The van der Waals surface area contributed by atoms with Gasteiger partial charge >= 0.3 is 5.97 Å². The number of carbonyl (C=O) groups excluding carboxylic acids is 1. The summed E-state index contributed by atoms with van der Waals surface area (Å²) >= 11 is 0. The number of hydrogen-bond donors (Lipinski definition) is 1. The predicted molar refractivity (Wildman–Crippen MR) is 84.0 cm³/mol. The molecule has 0 aliphatic heterocycles. The van der Waals surface area contributed by atoms with Gasteiger partial charge in [0.1, 0.15) is 6.10 Å². The lowest BCUT2D eigenvalue weighted by Crippen LogP contribution is -2.24. The molecular weight excluding hydrogens is 264 g/mol. The molecule has 0 radical (unpaired) electrons. The molecule has 0 fully saturated rings. The topological polar surface area (TPSA) is 55.6 Å². The van der Waals surface area contributed by atoms with Crippen LogP contribution < -0.4 is 5.73 Å². The van der Waals surface area contributed by atoms with Gasteiger partial charge in [-0.2, -0.15) is 0 Å². The molecule has 110 valence electrons. The van der Waals surface area contributed by atoms with E-state index in [-0.39, 0.29) is 12.1 Å². The van der Waals surface area contributed by atoms with E-state index in [1.54, 1.807) is 24.3 Å². The third-order valence-corrected chi connectivity index (χ3v) is 3.10. The lowest BCUT2D eigenvalue weighted by molar-refractivity contribution is 0.0236. The lowest BCUT2D eigenvalue weighted by atomic mass is 10.1. The van der Waals surface area contributed by atoms with Crippen molar-refractivity contribution in [1.29, 1.82) is 0 Å². The van der Waals surface area contributed by atoms with Crippen molar-refractivity contribution in [3.63, 3.8) is 0 Å². The van der Waals surface area contributed by atoms with E-state index in [4.69, 9.17) is 10.5 Å². The van der Waals surface area contributed by atoms with E-state index in [0.29, 0.717) is 17.8 Å². The fourth-order valence-electron chi connectivity index (χ4n) is 2.03. The average Bonchev–Trinajstić information content (AvgIpc) is 2.47. The van der Waals surface area contributed by atoms with Gasteiger partial charge in [-0.1, -0.05) is 30.3 Å². The molecule has 0 saturated carbocycles. The SMILES string of the molecule is CN(C)CC(OC(=O)c1ccc(N)cc1)c1ccccc1. The average molecular weight is 284 g/mol. The predicted octanol–water partition coefficient (Wildman–Crippen LogP) is 2.73. The number of ether oxygens (including phenoxy) is 1. The first-order valence-electron chi connectivity index (χ1n) is 6.82. The Balaban J connectivity index is 2.15. The van der Waals surface area contributed by atoms with Crippen molar-refractivity contribution < 1.29 is 9.53 Å². The third kappa shape index (κ3) is 4.33. The van der Waals surface area contributed by atoms with Crippen molar-refractivity contribution in [3.05, 3.63) is 65.7 Å². The second kappa shape index (κ2) is 6.90. The van der Waals surface area contributed by atoms with Gasteiger partial charge in [-0.05, 0) is 43.9 Å². The fraction of sp³-hybridized carbons (Fsp3) is 0.235. The lowest BCUT2D eigenvalue weighted by Gasteiger charge is -2.22. The molecule has 2 aromatic rings. The smallest absolute Gasteiger partial charge is 0.338 e. The number of carbonyl (C=O) groups is 1. The van der Waals surface area contributed by atoms with E-state index in [2.05, 4.69) is 0 Å². The van der Waals surface area contributed by atoms with Crippen LogP contribution in [0.3, 0.4) is 0 Å². The van der Waals surface area contributed by atoms with Crippen molar-refractivity contribution in [2.24, 2.45) is 0 Å². The summed E-state index contributed by atoms with van der Waals surface area (Å²) in [6, 6.07) is 16.5. The number of nitrogens with two attached hydrogens (primary N) is 1. The highest BCUT2D eigenvalue weighted by Gasteiger charge is 2.18. The Kier molecular flexibility index (Phi) is 4.95. The molecule has 4 nitrogen and oxygen atoms in total. The van der Waals surface area contributed by atoms with Crippen LogP contribution in [0.15, 0.2) is 54.6 Å². The number of rotatable bonds is 5. The Labute approximate surface area is 125 Å². The Morgan fingerprint density at radius 1 is 1.10 bits per heavy atom. The molecular formula is C17H20N2O2. The highest BCUT2D eigenvalue weighted by molar-refractivity contribution is 5.89. The molecule has 0 bridgehead atoms. The molecule has 4 heteroatoms. The number of benzene rings is 2. The van der Waals surface area contributed by atoms with Crippen LogP contribution in [0.25, 0.3) is 0 Å². The van der Waals surface area contributed by atoms with E-state index in [1.165, 1.54) is 0 Å². The number of hydrogen-bond acceptors (Lipinski definition) is 4. The van der Waals surface area contributed by atoms with E-state index in [1.807, 2.05) is 49.3 Å². The highest BCUT2D eigenvalue weighted by atomic mass is 16.5. The fourth-order valence-corrected chi connectivity index (χ4v) is 2.03. The van der Waals surface area contributed by atoms with Gasteiger partial charge in [0, 0.05) is 12.2 Å². The number of esters is 1. The van der Waals surface area contributed by atoms with E-state index < -0.39 is 0 Å².